The number of nitrogen functional groups attached to an aromatic ring is 1. The first-order valence-corrected chi connectivity index (χ1v) is 8.54. The van der Waals surface area contributed by atoms with Crippen LogP contribution < -0.4 is 5.73 Å². The molecule has 0 aromatic carbocycles. The number of nitrogens with two attached hydrogens (primary N) is 1. The van der Waals surface area contributed by atoms with E-state index in [2.05, 4.69) is 15.0 Å². The zero-order valence-corrected chi connectivity index (χ0v) is 13.4. The number of methoxy groups -OCH3 is 1. The lowest BCUT2D eigenvalue weighted by atomic mass is 10.1. The van der Waals surface area contributed by atoms with Crippen LogP contribution in [0.15, 0.2) is 24.5 Å². The highest BCUT2D eigenvalue weighted by molar-refractivity contribution is 7.55. The summed E-state index contributed by atoms with van der Waals surface area (Å²) in [6, 6.07) is 0. The van der Waals surface area contributed by atoms with E-state index in [0.29, 0.717) is 17.0 Å². The van der Waals surface area contributed by atoms with Crippen molar-refractivity contribution in [2.24, 2.45) is 0 Å². The molecule has 3 rings (SSSR count). The number of hydrogen-bond acceptors (Lipinski definition) is 8. The van der Waals surface area contributed by atoms with E-state index >= 15 is 0 Å². The molecule has 0 saturated carbocycles. The molecule has 2 aromatic heterocycles. The highest BCUT2D eigenvalue weighted by Crippen LogP contribution is 2.39. The quantitative estimate of drug-likeness (QED) is 0.518. The van der Waals surface area contributed by atoms with E-state index < -0.39 is 32.1 Å². The number of aliphatic hydroxyl groups excluding tert-OH is 1. The molecule has 0 amide bonds. The van der Waals surface area contributed by atoms with Crippen LogP contribution in [0.2, 0.25) is 0 Å². The van der Waals surface area contributed by atoms with Crippen molar-refractivity contribution in [2.75, 3.05) is 12.8 Å². The molecule has 24 heavy (non-hydrogen) atoms. The lowest BCUT2D eigenvalue weighted by Gasteiger charge is -2.19. The third-order valence-corrected chi connectivity index (χ3v) is 4.21. The average molecular weight is 357 g/mol. The van der Waals surface area contributed by atoms with Gasteiger partial charge in [0.2, 0.25) is 0 Å². The van der Waals surface area contributed by atoms with Gasteiger partial charge in [-0.25, -0.2) is 15.0 Å². The van der Waals surface area contributed by atoms with E-state index in [1.54, 1.807) is 0 Å². The summed E-state index contributed by atoms with van der Waals surface area (Å²) in [6.07, 6.45) is 0.0897. The van der Waals surface area contributed by atoms with E-state index in [-0.39, 0.29) is 5.82 Å². The molecule has 0 unspecified atom stereocenters. The molecule has 3 heterocycles. The standard InChI is InChI=1S/C12H16N5O6P/c1-22-9-8(18)6(2-3-24(19,20)21)23-12(9)17-5-16-7-10(13)14-4-15-11(7)17/h2-6,8-9,12,18H,1H3,(H2,13,14,15)(H2,19,20,21)/t6-,8-,9-,12-/m1/s1. The molecule has 4 atom stereocenters. The molecule has 12 heteroatoms. The normalized spacial score (nSPS) is 28.2. The maximum Gasteiger partial charge on any atom is 0.348 e. The largest absolute Gasteiger partial charge is 0.387 e. The van der Waals surface area contributed by atoms with E-state index in [0.717, 1.165) is 6.08 Å². The number of anilines is 1. The van der Waals surface area contributed by atoms with Gasteiger partial charge in [-0.05, 0) is 6.08 Å². The zero-order valence-electron chi connectivity index (χ0n) is 12.5. The Morgan fingerprint density at radius 1 is 1.42 bits per heavy atom. The van der Waals surface area contributed by atoms with Gasteiger partial charge in [0.15, 0.2) is 17.7 Å². The smallest absolute Gasteiger partial charge is 0.348 e. The maximum atomic E-state index is 11.0. The van der Waals surface area contributed by atoms with Gasteiger partial charge in [0.05, 0.1) is 6.33 Å². The van der Waals surface area contributed by atoms with Gasteiger partial charge in [0.1, 0.15) is 30.2 Å². The minimum atomic E-state index is -4.37. The first kappa shape index (κ1) is 17.0. The Morgan fingerprint density at radius 2 is 2.17 bits per heavy atom. The highest BCUT2D eigenvalue weighted by Gasteiger charge is 2.44. The maximum absolute atomic E-state index is 11.0. The summed E-state index contributed by atoms with van der Waals surface area (Å²) in [7, 11) is -2.98. The monoisotopic (exact) mass is 357 g/mol. The molecule has 0 aliphatic carbocycles. The third-order valence-electron chi connectivity index (χ3n) is 3.65. The van der Waals surface area contributed by atoms with Crippen LogP contribution in [0.3, 0.4) is 0 Å². The second kappa shape index (κ2) is 6.20. The predicted octanol–water partition coefficient (Wildman–Crippen LogP) is -0.627. The van der Waals surface area contributed by atoms with Crippen LogP contribution in [0, 0.1) is 0 Å². The highest BCUT2D eigenvalue weighted by atomic mass is 31.2. The molecule has 5 N–H and O–H groups in total. The Balaban J connectivity index is 1.96. The fourth-order valence-electron chi connectivity index (χ4n) is 2.57. The first-order chi connectivity index (χ1) is 11.3. The number of hydrogen-bond donors (Lipinski definition) is 4. The SMILES string of the molecule is CO[C@@H]1[C@H](O)[C@@H](C=CP(=O)(O)O)O[C@H]1n1cnc2c(N)ncnc21. The lowest BCUT2D eigenvalue weighted by Crippen LogP contribution is -2.32. The van der Waals surface area contributed by atoms with Crippen LogP contribution >= 0.6 is 7.60 Å². The van der Waals surface area contributed by atoms with Crippen molar-refractivity contribution in [3.05, 3.63) is 24.5 Å². The molecule has 1 fully saturated rings. The van der Waals surface area contributed by atoms with Gasteiger partial charge in [-0.1, -0.05) is 0 Å². The van der Waals surface area contributed by atoms with Crippen molar-refractivity contribution in [2.45, 2.75) is 24.5 Å². The Morgan fingerprint density at radius 3 is 2.83 bits per heavy atom. The van der Waals surface area contributed by atoms with Gasteiger partial charge in [0.25, 0.3) is 0 Å². The fraction of sp³-hybridized carbons (Fsp3) is 0.417. The summed E-state index contributed by atoms with van der Waals surface area (Å²) in [6.45, 7) is 0. The Labute approximate surface area is 135 Å². The van der Waals surface area contributed by atoms with Crippen molar-refractivity contribution >= 4 is 24.6 Å². The summed E-state index contributed by atoms with van der Waals surface area (Å²) in [5.74, 6) is 0.881. The van der Waals surface area contributed by atoms with Crippen molar-refractivity contribution in [1.29, 1.82) is 0 Å². The van der Waals surface area contributed by atoms with Crippen LogP contribution in [0.4, 0.5) is 5.82 Å². The number of nitrogens with zero attached hydrogens (tertiary/aromatic N) is 4. The van der Waals surface area contributed by atoms with Gasteiger partial charge in [-0.2, -0.15) is 0 Å². The van der Waals surface area contributed by atoms with E-state index in [1.165, 1.54) is 24.3 Å². The molecule has 1 aliphatic rings. The second-order valence-electron chi connectivity index (χ2n) is 5.20. The minimum absolute atomic E-state index is 0.198. The number of imidazole rings is 1. The number of aliphatic hydroxyl groups is 1. The van der Waals surface area contributed by atoms with Crippen LogP contribution in [-0.2, 0) is 14.0 Å². The lowest BCUT2D eigenvalue weighted by molar-refractivity contribution is -0.0449. The molecule has 0 radical (unpaired) electrons. The van der Waals surface area contributed by atoms with Gasteiger partial charge in [0, 0.05) is 12.9 Å². The summed E-state index contributed by atoms with van der Waals surface area (Å²) in [5.41, 5.74) is 6.50. The summed E-state index contributed by atoms with van der Waals surface area (Å²) in [4.78, 5) is 29.9. The Kier molecular flexibility index (Phi) is 4.38. The first-order valence-electron chi connectivity index (χ1n) is 6.86. The van der Waals surface area contributed by atoms with Crippen molar-refractivity contribution < 1.29 is 28.9 Å². The Bertz CT molecular complexity index is 819. The molecule has 11 nitrogen and oxygen atoms in total. The molecule has 1 aliphatic heterocycles. The number of rotatable bonds is 4. The van der Waals surface area contributed by atoms with Crippen molar-refractivity contribution in [3.63, 3.8) is 0 Å². The van der Waals surface area contributed by atoms with Gasteiger partial charge in [-0.15, -0.1) is 0 Å². The van der Waals surface area contributed by atoms with E-state index in [4.69, 9.17) is 25.0 Å². The number of ether oxygens (including phenoxy) is 2. The van der Waals surface area contributed by atoms with Crippen LogP contribution in [0.25, 0.3) is 11.2 Å². The fourth-order valence-corrected chi connectivity index (χ4v) is 2.96. The summed E-state index contributed by atoms with van der Waals surface area (Å²) >= 11 is 0. The van der Waals surface area contributed by atoms with Gasteiger partial charge in [-0.3, -0.25) is 9.13 Å². The van der Waals surface area contributed by atoms with Crippen LogP contribution in [-0.4, -0.2) is 59.8 Å². The van der Waals surface area contributed by atoms with Gasteiger partial charge >= 0.3 is 7.60 Å². The molecule has 1 saturated heterocycles. The van der Waals surface area contributed by atoms with Crippen molar-refractivity contribution in [1.82, 2.24) is 19.5 Å². The average Bonchev–Trinajstić information content (AvgIpc) is 3.06. The molecule has 0 bridgehead atoms. The van der Waals surface area contributed by atoms with Gasteiger partial charge < -0.3 is 30.1 Å². The van der Waals surface area contributed by atoms with E-state index in [1.807, 2.05) is 0 Å². The van der Waals surface area contributed by atoms with Crippen LogP contribution in [0.5, 0.6) is 0 Å². The number of fused-ring (bicyclic) bond motifs is 1. The third kappa shape index (κ3) is 3.05. The summed E-state index contributed by atoms with van der Waals surface area (Å²) in [5, 5.41) is 10.3. The number of aromatic nitrogens is 4. The predicted molar refractivity (Wildman–Crippen MR) is 81.6 cm³/mol. The second-order valence-corrected chi connectivity index (χ2v) is 6.67. The minimum Gasteiger partial charge on any atom is -0.387 e. The Hall–Kier alpha value is -1.88. The topological polar surface area (TPSA) is 166 Å². The molecular formula is C12H16N5O6P. The summed E-state index contributed by atoms with van der Waals surface area (Å²) < 4.78 is 23.4. The van der Waals surface area contributed by atoms with Crippen LogP contribution in [0.1, 0.15) is 6.23 Å². The molecular weight excluding hydrogens is 341 g/mol. The zero-order chi connectivity index (χ0) is 17.5. The molecule has 130 valence electrons. The van der Waals surface area contributed by atoms with Crippen molar-refractivity contribution in [3.8, 4) is 0 Å². The van der Waals surface area contributed by atoms with E-state index in [9.17, 15) is 9.67 Å². The molecule has 2 aromatic rings. The molecule has 0 spiro atoms.